The molecule has 0 saturated heterocycles. The van der Waals surface area contributed by atoms with Crippen molar-refractivity contribution in [3.8, 4) is 17.0 Å². The first-order valence-corrected chi connectivity index (χ1v) is 11.5. The SMILES string of the molecule is O=C(O)c1ccc2c(C3CCCCC3)c(-c3ccc(OCc4ccccc4)cc3F)[nH]c2c1. The minimum Gasteiger partial charge on any atom is -0.489 e. The molecule has 4 aromatic rings. The summed E-state index contributed by atoms with van der Waals surface area (Å²) in [4.78, 5) is 14.8. The monoisotopic (exact) mass is 443 g/mol. The molecule has 1 heterocycles. The number of H-pyrrole nitrogens is 1. The van der Waals surface area contributed by atoms with Crippen molar-refractivity contribution in [3.05, 3.63) is 89.2 Å². The van der Waals surface area contributed by atoms with Crippen LogP contribution in [0.1, 0.15) is 59.5 Å². The maximum Gasteiger partial charge on any atom is 0.335 e. The average Bonchev–Trinajstić information content (AvgIpc) is 3.22. The molecule has 4 nitrogen and oxygen atoms in total. The van der Waals surface area contributed by atoms with Crippen molar-refractivity contribution in [2.45, 2.75) is 44.6 Å². The van der Waals surface area contributed by atoms with Crippen LogP contribution >= 0.6 is 0 Å². The van der Waals surface area contributed by atoms with E-state index in [9.17, 15) is 9.90 Å². The lowest BCUT2D eigenvalue weighted by atomic mass is 9.81. The van der Waals surface area contributed by atoms with Crippen LogP contribution in [-0.2, 0) is 6.61 Å². The first kappa shape index (κ1) is 21.3. The van der Waals surface area contributed by atoms with Crippen LogP contribution in [0.5, 0.6) is 5.75 Å². The Morgan fingerprint density at radius 1 is 1.00 bits per heavy atom. The van der Waals surface area contributed by atoms with E-state index < -0.39 is 5.97 Å². The van der Waals surface area contributed by atoms with Gasteiger partial charge in [0, 0.05) is 22.5 Å². The van der Waals surface area contributed by atoms with Gasteiger partial charge in [0.25, 0.3) is 0 Å². The summed E-state index contributed by atoms with van der Waals surface area (Å²) in [5, 5.41) is 10.4. The predicted molar refractivity (Wildman–Crippen MR) is 127 cm³/mol. The normalized spacial score (nSPS) is 14.5. The smallest absolute Gasteiger partial charge is 0.335 e. The molecule has 2 N–H and O–H groups in total. The van der Waals surface area contributed by atoms with E-state index in [1.165, 1.54) is 12.5 Å². The van der Waals surface area contributed by atoms with Gasteiger partial charge in [-0.05, 0) is 54.2 Å². The number of halogens is 1. The van der Waals surface area contributed by atoms with Gasteiger partial charge < -0.3 is 14.8 Å². The Hall–Kier alpha value is -3.60. The van der Waals surface area contributed by atoms with E-state index in [1.54, 1.807) is 24.3 Å². The largest absolute Gasteiger partial charge is 0.489 e. The molecule has 0 bridgehead atoms. The standard InChI is InChI=1S/C28H26FNO3/c29-24-16-21(33-17-18-7-3-1-4-8-18)12-14-22(24)27-26(19-9-5-2-6-10-19)23-13-11-20(28(31)32)15-25(23)30-27/h1,3-4,7-8,11-16,19,30H,2,5-6,9-10,17H2,(H,31,32). The molecule has 5 heteroatoms. The molecule has 0 amide bonds. The Labute approximate surface area is 192 Å². The van der Waals surface area contributed by atoms with Crippen molar-refractivity contribution in [1.82, 2.24) is 4.98 Å². The summed E-state index contributed by atoms with van der Waals surface area (Å²) in [5.74, 6) is -0.531. The average molecular weight is 444 g/mol. The number of aromatic amines is 1. The topological polar surface area (TPSA) is 62.3 Å². The van der Waals surface area contributed by atoms with Crippen molar-refractivity contribution >= 4 is 16.9 Å². The fraction of sp³-hybridized carbons (Fsp3) is 0.250. The van der Waals surface area contributed by atoms with Gasteiger partial charge in [0.2, 0.25) is 0 Å². The second-order valence-corrected chi connectivity index (χ2v) is 8.73. The highest BCUT2D eigenvalue weighted by atomic mass is 19.1. The fourth-order valence-corrected chi connectivity index (χ4v) is 4.91. The maximum atomic E-state index is 15.4. The first-order chi connectivity index (χ1) is 16.1. The summed E-state index contributed by atoms with van der Waals surface area (Å²) in [6.07, 6.45) is 5.64. The summed E-state index contributed by atoms with van der Waals surface area (Å²) in [7, 11) is 0. The molecule has 168 valence electrons. The van der Waals surface area contributed by atoms with Gasteiger partial charge in [-0.25, -0.2) is 9.18 Å². The van der Waals surface area contributed by atoms with Crippen molar-refractivity contribution < 1.29 is 19.0 Å². The van der Waals surface area contributed by atoms with E-state index >= 15 is 4.39 Å². The summed E-state index contributed by atoms with van der Waals surface area (Å²) in [6, 6.07) is 19.9. The molecule has 1 aliphatic carbocycles. The molecule has 1 saturated carbocycles. The van der Waals surface area contributed by atoms with Crippen molar-refractivity contribution in [2.24, 2.45) is 0 Å². The lowest BCUT2D eigenvalue weighted by Crippen LogP contribution is -2.06. The number of ether oxygens (including phenoxy) is 1. The van der Waals surface area contributed by atoms with Gasteiger partial charge in [0.1, 0.15) is 18.2 Å². The summed E-state index contributed by atoms with van der Waals surface area (Å²) < 4.78 is 21.1. The summed E-state index contributed by atoms with van der Waals surface area (Å²) >= 11 is 0. The molecular formula is C28H26FNO3. The molecular weight excluding hydrogens is 417 g/mol. The number of hydrogen-bond donors (Lipinski definition) is 2. The molecule has 1 fully saturated rings. The number of aromatic nitrogens is 1. The molecule has 33 heavy (non-hydrogen) atoms. The number of benzene rings is 3. The minimum atomic E-state index is -0.974. The third-order valence-electron chi connectivity index (χ3n) is 6.56. The molecule has 3 aromatic carbocycles. The highest BCUT2D eigenvalue weighted by molar-refractivity contribution is 5.97. The number of aromatic carboxylic acids is 1. The van der Waals surface area contributed by atoms with Gasteiger partial charge in [-0.15, -0.1) is 0 Å². The van der Waals surface area contributed by atoms with E-state index in [4.69, 9.17) is 4.74 Å². The van der Waals surface area contributed by atoms with E-state index in [1.807, 2.05) is 36.4 Å². The number of carboxylic acids is 1. The number of fused-ring (bicyclic) bond motifs is 1. The Kier molecular flexibility index (Phi) is 5.86. The van der Waals surface area contributed by atoms with Crippen molar-refractivity contribution in [3.63, 3.8) is 0 Å². The van der Waals surface area contributed by atoms with Crippen molar-refractivity contribution in [1.29, 1.82) is 0 Å². The molecule has 0 unspecified atom stereocenters. The van der Waals surface area contributed by atoms with Crippen LogP contribution in [0.25, 0.3) is 22.2 Å². The molecule has 5 rings (SSSR count). The zero-order valence-corrected chi connectivity index (χ0v) is 18.3. The van der Waals surface area contributed by atoms with Gasteiger partial charge in [-0.1, -0.05) is 55.7 Å². The lowest BCUT2D eigenvalue weighted by molar-refractivity contribution is 0.0697. The van der Waals surface area contributed by atoms with Crippen LogP contribution in [0.15, 0.2) is 66.7 Å². The van der Waals surface area contributed by atoms with Crippen LogP contribution in [0.3, 0.4) is 0 Å². The number of carboxylic acid groups (broad SMARTS) is 1. The minimum absolute atomic E-state index is 0.218. The third-order valence-corrected chi connectivity index (χ3v) is 6.56. The van der Waals surface area contributed by atoms with Gasteiger partial charge in [0.15, 0.2) is 0 Å². The van der Waals surface area contributed by atoms with Crippen LogP contribution in [0.4, 0.5) is 4.39 Å². The third kappa shape index (κ3) is 4.36. The lowest BCUT2D eigenvalue weighted by Gasteiger charge is -2.23. The number of hydrogen-bond acceptors (Lipinski definition) is 2. The molecule has 0 spiro atoms. The van der Waals surface area contributed by atoms with Crippen LogP contribution in [0.2, 0.25) is 0 Å². The van der Waals surface area contributed by atoms with Gasteiger partial charge in [0.05, 0.1) is 11.3 Å². The maximum absolute atomic E-state index is 15.4. The summed E-state index contributed by atoms with van der Waals surface area (Å²) in [6.45, 7) is 0.372. The number of carbonyl (C=O) groups is 1. The van der Waals surface area contributed by atoms with Gasteiger partial charge >= 0.3 is 5.97 Å². The highest BCUT2D eigenvalue weighted by Gasteiger charge is 2.25. The Morgan fingerprint density at radius 2 is 1.79 bits per heavy atom. The van der Waals surface area contributed by atoms with Gasteiger partial charge in [-0.3, -0.25) is 0 Å². The Balaban J connectivity index is 1.53. The number of rotatable bonds is 6. The zero-order chi connectivity index (χ0) is 22.8. The van der Waals surface area contributed by atoms with E-state index in [0.717, 1.165) is 53.4 Å². The molecule has 0 radical (unpaired) electrons. The second-order valence-electron chi connectivity index (χ2n) is 8.73. The molecule has 1 aliphatic rings. The molecule has 1 aromatic heterocycles. The predicted octanol–water partition coefficient (Wildman–Crippen LogP) is 7.30. The van der Waals surface area contributed by atoms with Crippen LogP contribution in [0, 0.1) is 5.82 Å². The van der Waals surface area contributed by atoms with E-state index in [2.05, 4.69) is 4.98 Å². The molecule has 0 atom stereocenters. The first-order valence-electron chi connectivity index (χ1n) is 11.5. The van der Waals surface area contributed by atoms with E-state index in [0.29, 0.717) is 23.8 Å². The summed E-state index contributed by atoms with van der Waals surface area (Å²) in [5.41, 5.74) is 4.29. The van der Waals surface area contributed by atoms with Crippen LogP contribution in [-0.4, -0.2) is 16.1 Å². The highest BCUT2D eigenvalue weighted by Crippen LogP contribution is 2.43. The molecule has 0 aliphatic heterocycles. The van der Waals surface area contributed by atoms with Crippen molar-refractivity contribution in [2.75, 3.05) is 0 Å². The quantitative estimate of drug-likeness (QED) is 0.329. The second kappa shape index (κ2) is 9.10. The van der Waals surface area contributed by atoms with Crippen LogP contribution < -0.4 is 4.74 Å². The Bertz CT molecular complexity index is 1290. The van der Waals surface area contributed by atoms with Gasteiger partial charge in [-0.2, -0.15) is 0 Å². The number of nitrogens with one attached hydrogen (secondary N) is 1. The van der Waals surface area contributed by atoms with E-state index in [-0.39, 0.29) is 11.4 Å². The fourth-order valence-electron chi connectivity index (χ4n) is 4.91. The Morgan fingerprint density at radius 3 is 2.52 bits per heavy atom. The zero-order valence-electron chi connectivity index (χ0n) is 18.3.